The quantitative estimate of drug-likeness (QED) is 0.555. The van der Waals surface area contributed by atoms with Crippen molar-refractivity contribution >= 4 is 5.91 Å². The highest BCUT2D eigenvalue weighted by molar-refractivity contribution is 5.95. The summed E-state index contributed by atoms with van der Waals surface area (Å²) in [5.41, 5.74) is -1.29. The van der Waals surface area contributed by atoms with Crippen molar-refractivity contribution in [3.05, 3.63) is 71.3 Å². The SMILES string of the molecule is CC1(Cc2ccccc2)CCC(N(C(=O)c2ccc([C@](C)(O)C(F)(F)F)cc2)C2CC2)CC1. The molecule has 33 heavy (non-hydrogen) atoms. The van der Waals surface area contributed by atoms with Crippen LogP contribution in [0.25, 0.3) is 0 Å². The number of benzene rings is 2. The Labute approximate surface area is 193 Å². The molecule has 1 atom stereocenters. The standard InChI is InChI=1S/C27H32F3NO2/c1-25(18-19-6-4-3-5-7-19)16-14-23(15-17-25)31(22-12-13-22)24(32)20-8-10-21(11-9-20)26(2,33)27(28,29)30/h3-11,22-23,33H,12-18H2,1-2H3/t23?,25?,26-/m0/s1. The molecule has 0 radical (unpaired) electrons. The predicted molar refractivity (Wildman–Crippen MR) is 122 cm³/mol. The van der Waals surface area contributed by atoms with E-state index >= 15 is 0 Å². The van der Waals surface area contributed by atoms with E-state index in [9.17, 15) is 23.1 Å². The highest BCUT2D eigenvalue weighted by Gasteiger charge is 2.51. The van der Waals surface area contributed by atoms with Gasteiger partial charge in [0, 0.05) is 17.6 Å². The summed E-state index contributed by atoms with van der Waals surface area (Å²) in [6, 6.07) is 16.1. The fourth-order valence-electron chi connectivity index (χ4n) is 5.08. The summed E-state index contributed by atoms with van der Waals surface area (Å²) >= 11 is 0. The maximum Gasteiger partial charge on any atom is 0.421 e. The first-order valence-electron chi connectivity index (χ1n) is 11.8. The average molecular weight is 460 g/mol. The monoisotopic (exact) mass is 459 g/mol. The van der Waals surface area contributed by atoms with Crippen molar-refractivity contribution in [2.75, 3.05) is 0 Å². The first kappa shape index (κ1) is 23.8. The molecule has 4 rings (SSSR count). The van der Waals surface area contributed by atoms with Gasteiger partial charge in [0.15, 0.2) is 5.60 Å². The molecule has 0 unspecified atom stereocenters. The third-order valence-corrected chi connectivity index (χ3v) is 7.45. The minimum atomic E-state index is -4.78. The number of aliphatic hydroxyl groups is 1. The topological polar surface area (TPSA) is 40.5 Å². The van der Waals surface area contributed by atoms with Crippen LogP contribution in [-0.4, -0.2) is 34.2 Å². The smallest absolute Gasteiger partial charge is 0.376 e. The Bertz CT molecular complexity index is 957. The van der Waals surface area contributed by atoms with Gasteiger partial charge in [0.25, 0.3) is 5.91 Å². The van der Waals surface area contributed by atoms with Crippen molar-refractivity contribution in [1.29, 1.82) is 0 Å². The molecule has 2 aliphatic rings. The summed E-state index contributed by atoms with van der Waals surface area (Å²) in [6.07, 6.45) is 2.15. The molecule has 0 spiro atoms. The maximum atomic E-state index is 13.4. The molecule has 0 aliphatic heterocycles. The summed E-state index contributed by atoms with van der Waals surface area (Å²) in [5.74, 6) is -0.118. The number of amides is 1. The third kappa shape index (κ3) is 5.11. The van der Waals surface area contributed by atoms with Crippen molar-refractivity contribution in [3.8, 4) is 0 Å². The second kappa shape index (κ2) is 8.79. The van der Waals surface area contributed by atoms with Crippen LogP contribution in [0.5, 0.6) is 0 Å². The van der Waals surface area contributed by atoms with Gasteiger partial charge in [-0.3, -0.25) is 4.79 Å². The van der Waals surface area contributed by atoms with E-state index in [2.05, 4.69) is 31.2 Å². The highest BCUT2D eigenvalue weighted by atomic mass is 19.4. The lowest BCUT2D eigenvalue weighted by Crippen LogP contribution is -2.45. The summed E-state index contributed by atoms with van der Waals surface area (Å²) in [4.78, 5) is 15.4. The number of nitrogens with zero attached hydrogens (tertiary/aromatic N) is 1. The van der Waals surface area contributed by atoms with Gasteiger partial charge in [-0.1, -0.05) is 49.4 Å². The van der Waals surface area contributed by atoms with Gasteiger partial charge in [-0.15, -0.1) is 0 Å². The van der Waals surface area contributed by atoms with Crippen LogP contribution >= 0.6 is 0 Å². The molecule has 2 aromatic carbocycles. The van der Waals surface area contributed by atoms with E-state index in [-0.39, 0.29) is 29.0 Å². The molecule has 0 aromatic heterocycles. The van der Waals surface area contributed by atoms with Gasteiger partial charge < -0.3 is 10.0 Å². The number of carbonyl (C=O) groups is 1. The molecule has 0 saturated heterocycles. The molecule has 0 heterocycles. The van der Waals surface area contributed by atoms with Crippen LogP contribution in [0.2, 0.25) is 0 Å². The minimum Gasteiger partial charge on any atom is -0.376 e. The van der Waals surface area contributed by atoms with Crippen molar-refractivity contribution in [2.24, 2.45) is 5.41 Å². The highest BCUT2D eigenvalue weighted by Crippen LogP contribution is 2.43. The lowest BCUT2D eigenvalue weighted by molar-refractivity contribution is -0.258. The first-order chi connectivity index (χ1) is 15.5. The first-order valence-corrected chi connectivity index (χ1v) is 11.8. The second-order valence-corrected chi connectivity index (χ2v) is 10.3. The lowest BCUT2D eigenvalue weighted by Gasteiger charge is -2.42. The van der Waals surface area contributed by atoms with Gasteiger partial charge in [0.05, 0.1) is 0 Å². The Kier molecular flexibility index (Phi) is 6.34. The van der Waals surface area contributed by atoms with Gasteiger partial charge in [-0.25, -0.2) is 0 Å². The largest absolute Gasteiger partial charge is 0.421 e. The van der Waals surface area contributed by atoms with E-state index < -0.39 is 11.8 Å². The Morgan fingerprint density at radius 1 is 0.970 bits per heavy atom. The molecular weight excluding hydrogens is 427 g/mol. The molecule has 2 fully saturated rings. The molecule has 6 heteroatoms. The summed E-state index contributed by atoms with van der Waals surface area (Å²) in [5, 5.41) is 9.90. The van der Waals surface area contributed by atoms with E-state index in [4.69, 9.17) is 0 Å². The molecule has 2 aromatic rings. The molecule has 1 amide bonds. The predicted octanol–water partition coefficient (Wildman–Crippen LogP) is 6.25. The van der Waals surface area contributed by atoms with Crippen LogP contribution in [0.3, 0.4) is 0 Å². The van der Waals surface area contributed by atoms with Crippen LogP contribution in [0.15, 0.2) is 54.6 Å². The Morgan fingerprint density at radius 3 is 2.03 bits per heavy atom. The number of hydrogen-bond donors (Lipinski definition) is 1. The van der Waals surface area contributed by atoms with Crippen molar-refractivity contribution in [3.63, 3.8) is 0 Å². The van der Waals surface area contributed by atoms with Gasteiger partial charge in [0.1, 0.15) is 0 Å². The zero-order valence-electron chi connectivity index (χ0n) is 19.2. The van der Waals surface area contributed by atoms with Crippen LogP contribution in [-0.2, 0) is 12.0 Å². The van der Waals surface area contributed by atoms with E-state index in [0.29, 0.717) is 5.56 Å². The van der Waals surface area contributed by atoms with Crippen LogP contribution in [0.1, 0.15) is 73.9 Å². The van der Waals surface area contributed by atoms with E-state index in [0.717, 1.165) is 51.9 Å². The van der Waals surface area contributed by atoms with Crippen molar-refractivity contribution < 1.29 is 23.1 Å². The summed E-state index contributed by atoms with van der Waals surface area (Å²) in [6.45, 7) is 3.06. The Morgan fingerprint density at radius 2 is 1.52 bits per heavy atom. The molecule has 2 aliphatic carbocycles. The number of hydrogen-bond acceptors (Lipinski definition) is 2. The normalized spacial score (nSPS) is 25.3. The van der Waals surface area contributed by atoms with Crippen molar-refractivity contribution in [1.82, 2.24) is 4.90 Å². The van der Waals surface area contributed by atoms with Gasteiger partial charge >= 0.3 is 6.18 Å². The lowest BCUT2D eigenvalue weighted by atomic mass is 9.70. The molecule has 178 valence electrons. The third-order valence-electron chi connectivity index (χ3n) is 7.45. The minimum absolute atomic E-state index is 0.118. The number of carbonyl (C=O) groups excluding carboxylic acids is 1. The molecule has 3 nitrogen and oxygen atoms in total. The van der Waals surface area contributed by atoms with Gasteiger partial charge in [-0.2, -0.15) is 13.2 Å². The fraction of sp³-hybridized carbons (Fsp3) is 0.519. The van der Waals surface area contributed by atoms with Gasteiger partial charge in [0.2, 0.25) is 0 Å². The van der Waals surface area contributed by atoms with E-state index in [1.54, 1.807) is 0 Å². The molecule has 1 N–H and O–H groups in total. The number of halogens is 3. The van der Waals surface area contributed by atoms with E-state index in [1.807, 2.05) is 11.0 Å². The van der Waals surface area contributed by atoms with Crippen LogP contribution in [0.4, 0.5) is 13.2 Å². The van der Waals surface area contributed by atoms with Crippen LogP contribution in [0, 0.1) is 5.41 Å². The summed E-state index contributed by atoms with van der Waals surface area (Å²) in [7, 11) is 0. The fourth-order valence-corrected chi connectivity index (χ4v) is 5.08. The molecule has 2 saturated carbocycles. The number of rotatable bonds is 6. The zero-order chi connectivity index (χ0) is 23.9. The zero-order valence-corrected chi connectivity index (χ0v) is 19.2. The second-order valence-electron chi connectivity index (χ2n) is 10.3. The Balaban J connectivity index is 1.45. The Hall–Kier alpha value is -2.34. The van der Waals surface area contributed by atoms with Crippen LogP contribution < -0.4 is 0 Å². The van der Waals surface area contributed by atoms with Gasteiger partial charge in [-0.05, 0) is 80.5 Å². The number of alkyl halides is 3. The molecule has 0 bridgehead atoms. The summed E-state index contributed by atoms with van der Waals surface area (Å²) < 4.78 is 39.4. The average Bonchev–Trinajstić information content (AvgIpc) is 3.60. The maximum absolute atomic E-state index is 13.4. The van der Waals surface area contributed by atoms with E-state index in [1.165, 1.54) is 29.8 Å². The molecular formula is C27H32F3NO2. The van der Waals surface area contributed by atoms with Crippen molar-refractivity contribution in [2.45, 2.75) is 82.7 Å².